The molecule has 2 aromatic heterocycles. The number of benzene rings is 2. The number of nitrogens with one attached hydrogen (secondary N) is 2. The Labute approximate surface area is 174 Å². The first-order chi connectivity index (χ1) is 14.8. The number of piperidine rings is 1. The Morgan fingerprint density at radius 1 is 1.00 bits per heavy atom. The van der Waals surface area contributed by atoms with Gasteiger partial charge in [0.25, 0.3) is 0 Å². The number of hydrogen-bond acceptors (Lipinski definition) is 5. The molecule has 7 nitrogen and oxygen atoms in total. The van der Waals surface area contributed by atoms with E-state index in [2.05, 4.69) is 30.4 Å². The lowest BCUT2D eigenvalue weighted by Crippen LogP contribution is -2.41. The fraction of sp³-hybridized carbons (Fsp3) is 0.217. The van der Waals surface area contributed by atoms with Gasteiger partial charge in [-0.3, -0.25) is 10.1 Å². The average Bonchev–Trinajstić information content (AvgIpc) is 3.22. The van der Waals surface area contributed by atoms with Crippen LogP contribution in [0, 0.1) is 5.92 Å². The molecule has 7 heteroatoms. The Bertz CT molecular complexity index is 1120. The molecule has 4 aromatic rings. The normalized spacial score (nSPS) is 16.5. The molecule has 0 aliphatic carbocycles. The summed E-state index contributed by atoms with van der Waals surface area (Å²) < 4.78 is 0. The summed E-state index contributed by atoms with van der Waals surface area (Å²) in [5, 5.41) is 11.7. The highest BCUT2D eigenvalue weighted by Crippen LogP contribution is 2.24. The van der Waals surface area contributed by atoms with E-state index in [1.54, 1.807) is 0 Å². The summed E-state index contributed by atoms with van der Waals surface area (Å²) in [4.78, 5) is 22.6. The summed E-state index contributed by atoms with van der Waals surface area (Å²) in [6.07, 6.45) is 1.78. The summed E-state index contributed by atoms with van der Waals surface area (Å²) >= 11 is 0. The Balaban J connectivity index is 1.26. The zero-order valence-electron chi connectivity index (χ0n) is 16.5. The van der Waals surface area contributed by atoms with Gasteiger partial charge >= 0.3 is 0 Å². The van der Waals surface area contributed by atoms with E-state index in [0.29, 0.717) is 12.5 Å². The number of carbonyl (C=O) groups is 1. The van der Waals surface area contributed by atoms with Gasteiger partial charge in [-0.1, -0.05) is 42.5 Å². The third-order valence-electron chi connectivity index (χ3n) is 5.47. The van der Waals surface area contributed by atoms with Gasteiger partial charge in [0.15, 0.2) is 5.82 Å². The van der Waals surface area contributed by atoms with Gasteiger partial charge in [-0.05, 0) is 37.1 Å². The van der Waals surface area contributed by atoms with Crippen molar-refractivity contribution in [2.24, 2.45) is 5.92 Å². The number of fused-ring (bicyclic) bond motifs is 1. The number of amides is 1. The number of aromatic amines is 1. The quantitative estimate of drug-likeness (QED) is 0.545. The molecule has 1 atom stereocenters. The second kappa shape index (κ2) is 7.94. The van der Waals surface area contributed by atoms with Gasteiger partial charge in [0, 0.05) is 18.7 Å². The van der Waals surface area contributed by atoms with Crippen molar-refractivity contribution in [2.75, 3.05) is 23.3 Å². The summed E-state index contributed by atoms with van der Waals surface area (Å²) in [7, 11) is 0. The van der Waals surface area contributed by atoms with Gasteiger partial charge in [0.05, 0.1) is 22.6 Å². The van der Waals surface area contributed by atoms with Crippen LogP contribution in [0.2, 0.25) is 0 Å². The molecule has 1 unspecified atom stereocenters. The zero-order valence-corrected chi connectivity index (χ0v) is 16.5. The molecule has 1 saturated heterocycles. The molecule has 0 radical (unpaired) electrons. The minimum Gasteiger partial charge on any atom is -0.354 e. The van der Waals surface area contributed by atoms with E-state index >= 15 is 0 Å². The van der Waals surface area contributed by atoms with Crippen molar-refractivity contribution in [3.05, 3.63) is 66.7 Å². The van der Waals surface area contributed by atoms with E-state index in [1.807, 2.05) is 66.7 Å². The lowest BCUT2D eigenvalue weighted by molar-refractivity contribution is -0.120. The van der Waals surface area contributed by atoms with Crippen LogP contribution in [0.1, 0.15) is 12.8 Å². The topological polar surface area (TPSA) is 86.8 Å². The lowest BCUT2D eigenvalue weighted by atomic mass is 9.97. The zero-order chi connectivity index (χ0) is 20.3. The third-order valence-corrected chi connectivity index (χ3v) is 5.47. The van der Waals surface area contributed by atoms with Crippen molar-refractivity contribution in [2.45, 2.75) is 12.8 Å². The molecule has 0 bridgehead atoms. The Hall–Kier alpha value is -3.74. The number of hydrogen-bond donors (Lipinski definition) is 2. The number of carbonyl (C=O) groups excluding carboxylic acids is 1. The lowest BCUT2D eigenvalue weighted by Gasteiger charge is -2.32. The first-order valence-corrected chi connectivity index (χ1v) is 10.2. The van der Waals surface area contributed by atoms with Gasteiger partial charge in [0.1, 0.15) is 0 Å². The van der Waals surface area contributed by atoms with Crippen molar-refractivity contribution in [1.82, 2.24) is 20.2 Å². The van der Waals surface area contributed by atoms with Crippen LogP contribution in [-0.4, -0.2) is 39.2 Å². The molecule has 0 saturated carbocycles. The first kappa shape index (κ1) is 18.3. The van der Waals surface area contributed by atoms with Crippen LogP contribution in [-0.2, 0) is 4.79 Å². The summed E-state index contributed by atoms with van der Waals surface area (Å²) in [5.74, 6) is 1.15. The molecule has 5 rings (SSSR count). The maximum absolute atomic E-state index is 12.8. The van der Waals surface area contributed by atoms with Crippen LogP contribution >= 0.6 is 0 Å². The summed E-state index contributed by atoms with van der Waals surface area (Å²) in [5.41, 5.74) is 3.63. The van der Waals surface area contributed by atoms with Crippen molar-refractivity contribution in [3.63, 3.8) is 0 Å². The second-order valence-corrected chi connectivity index (χ2v) is 7.52. The van der Waals surface area contributed by atoms with Crippen molar-refractivity contribution >= 4 is 28.7 Å². The fourth-order valence-electron chi connectivity index (χ4n) is 3.89. The molecule has 3 heterocycles. The minimum atomic E-state index is -0.123. The molecule has 1 aliphatic rings. The highest BCUT2D eigenvalue weighted by Gasteiger charge is 2.27. The Morgan fingerprint density at radius 3 is 2.63 bits per heavy atom. The van der Waals surface area contributed by atoms with Gasteiger partial charge in [0.2, 0.25) is 11.9 Å². The van der Waals surface area contributed by atoms with Crippen LogP contribution in [0.25, 0.3) is 22.3 Å². The Morgan fingerprint density at radius 2 is 1.83 bits per heavy atom. The van der Waals surface area contributed by atoms with Crippen LogP contribution < -0.4 is 10.2 Å². The molecule has 150 valence electrons. The summed E-state index contributed by atoms with van der Waals surface area (Å²) in [6.45, 7) is 1.49. The number of para-hydroxylation sites is 2. The predicted molar refractivity (Wildman–Crippen MR) is 117 cm³/mol. The van der Waals surface area contributed by atoms with Gasteiger partial charge < -0.3 is 9.88 Å². The van der Waals surface area contributed by atoms with Crippen LogP contribution in [0.3, 0.4) is 0 Å². The maximum atomic E-state index is 12.8. The van der Waals surface area contributed by atoms with Gasteiger partial charge in [-0.15, -0.1) is 10.2 Å². The number of H-pyrrole nitrogens is 1. The smallest absolute Gasteiger partial charge is 0.231 e. The molecular formula is C23H22N6O. The van der Waals surface area contributed by atoms with Crippen LogP contribution in [0.5, 0.6) is 0 Å². The maximum Gasteiger partial charge on any atom is 0.231 e. The molecule has 30 heavy (non-hydrogen) atoms. The van der Waals surface area contributed by atoms with Crippen LogP contribution in [0.4, 0.5) is 11.8 Å². The number of anilines is 2. The van der Waals surface area contributed by atoms with E-state index in [0.717, 1.165) is 47.5 Å². The fourth-order valence-corrected chi connectivity index (χ4v) is 3.89. The predicted octanol–water partition coefficient (Wildman–Crippen LogP) is 3.88. The monoisotopic (exact) mass is 398 g/mol. The second-order valence-electron chi connectivity index (χ2n) is 7.52. The first-order valence-electron chi connectivity index (χ1n) is 10.2. The largest absolute Gasteiger partial charge is 0.354 e. The van der Waals surface area contributed by atoms with E-state index in [-0.39, 0.29) is 11.8 Å². The third kappa shape index (κ3) is 3.74. The van der Waals surface area contributed by atoms with Crippen molar-refractivity contribution in [3.8, 4) is 11.3 Å². The SMILES string of the molecule is O=C(Nc1nc2ccccc2[nH]1)C1CCCN(c2ccc(-c3ccccc3)nn2)C1. The van der Waals surface area contributed by atoms with Gasteiger partial charge in [-0.2, -0.15) is 0 Å². The molecule has 1 aliphatic heterocycles. The molecule has 2 N–H and O–H groups in total. The molecule has 2 aromatic carbocycles. The van der Waals surface area contributed by atoms with Crippen molar-refractivity contribution in [1.29, 1.82) is 0 Å². The highest BCUT2D eigenvalue weighted by atomic mass is 16.2. The highest BCUT2D eigenvalue weighted by molar-refractivity contribution is 5.93. The van der Waals surface area contributed by atoms with Crippen LogP contribution in [0.15, 0.2) is 66.7 Å². The minimum absolute atomic E-state index is 0.0207. The molecular weight excluding hydrogens is 376 g/mol. The van der Waals surface area contributed by atoms with E-state index in [9.17, 15) is 4.79 Å². The van der Waals surface area contributed by atoms with Gasteiger partial charge in [-0.25, -0.2) is 4.98 Å². The summed E-state index contributed by atoms with van der Waals surface area (Å²) in [6, 6.07) is 21.7. The molecule has 1 fully saturated rings. The number of nitrogens with zero attached hydrogens (tertiary/aromatic N) is 4. The van der Waals surface area contributed by atoms with E-state index < -0.39 is 0 Å². The number of aromatic nitrogens is 4. The number of imidazole rings is 1. The van der Waals surface area contributed by atoms with E-state index in [4.69, 9.17) is 0 Å². The molecule has 1 amide bonds. The standard InChI is InChI=1S/C23H22N6O/c30-22(26-23-24-19-10-4-5-11-20(19)25-23)17-9-6-14-29(15-17)21-13-12-18(27-28-21)16-7-2-1-3-8-16/h1-5,7-8,10-13,17H,6,9,14-15H2,(H2,24,25,26,30). The van der Waals surface area contributed by atoms with E-state index in [1.165, 1.54) is 0 Å². The Kier molecular flexibility index (Phi) is 4.85. The van der Waals surface area contributed by atoms with Crippen molar-refractivity contribution < 1.29 is 4.79 Å². The average molecular weight is 398 g/mol. The molecule has 0 spiro atoms. The number of rotatable bonds is 4.